The molecule has 1 atom stereocenters. The van der Waals surface area contributed by atoms with Crippen molar-refractivity contribution in [3.05, 3.63) is 34.9 Å². The van der Waals surface area contributed by atoms with Gasteiger partial charge in [0.2, 0.25) is 0 Å². The standard InChI is InChI=1S/C13H14F2O/c1-8-5-6-11(14)12(13(8)15)9-3-2-4-10(16)7-9/h5-6,9H,2-4,7H2,1H3. The van der Waals surface area contributed by atoms with Crippen LogP contribution < -0.4 is 0 Å². The highest BCUT2D eigenvalue weighted by Gasteiger charge is 2.26. The number of hydrogen-bond acceptors (Lipinski definition) is 1. The van der Waals surface area contributed by atoms with Crippen LogP contribution >= 0.6 is 0 Å². The van der Waals surface area contributed by atoms with E-state index in [4.69, 9.17) is 0 Å². The molecule has 0 N–H and O–H groups in total. The van der Waals surface area contributed by atoms with Gasteiger partial charge in [-0.05, 0) is 37.3 Å². The van der Waals surface area contributed by atoms with Gasteiger partial charge in [0.05, 0.1) is 0 Å². The van der Waals surface area contributed by atoms with E-state index in [9.17, 15) is 13.6 Å². The normalized spacial score (nSPS) is 21.2. The number of carbonyl (C=O) groups excluding carboxylic acids is 1. The zero-order valence-electron chi connectivity index (χ0n) is 9.22. The van der Waals surface area contributed by atoms with E-state index in [2.05, 4.69) is 0 Å². The molecule has 3 heteroatoms. The van der Waals surface area contributed by atoms with Crippen molar-refractivity contribution in [2.45, 2.75) is 38.5 Å². The monoisotopic (exact) mass is 224 g/mol. The Balaban J connectivity index is 2.39. The molecule has 1 aliphatic carbocycles. The summed E-state index contributed by atoms with van der Waals surface area (Å²) in [5.74, 6) is -1.18. The maximum Gasteiger partial charge on any atom is 0.133 e. The fourth-order valence-electron chi connectivity index (χ4n) is 2.32. The van der Waals surface area contributed by atoms with Crippen LogP contribution in [0, 0.1) is 18.6 Å². The van der Waals surface area contributed by atoms with Gasteiger partial charge in [-0.3, -0.25) is 4.79 Å². The first-order valence-corrected chi connectivity index (χ1v) is 5.56. The number of carbonyl (C=O) groups is 1. The molecular formula is C13H14F2O. The van der Waals surface area contributed by atoms with E-state index in [1.165, 1.54) is 12.1 Å². The molecule has 0 saturated heterocycles. The Morgan fingerprint density at radius 2 is 2.06 bits per heavy atom. The van der Waals surface area contributed by atoms with Crippen LogP contribution in [0.1, 0.15) is 42.7 Å². The average molecular weight is 224 g/mol. The second-order valence-corrected chi connectivity index (χ2v) is 4.42. The van der Waals surface area contributed by atoms with E-state index in [0.29, 0.717) is 18.4 Å². The lowest BCUT2D eigenvalue weighted by molar-refractivity contribution is -0.120. The molecule has 16 heavy (non-hydrogen) atoms. The summed E-state index contributed by atoms with van der Waals surface area (Å²) >= 11 is 0. The van der Waals surface area contributed by atoms with Crippen molar-refractivity contribution in [1.82, 2.24) is 0 Å². The topological polar surface area (TPSA) is 17.1 Å². The van der Waals surface area contributed by atoms with Crippen LogP contribution in [0.15, 0.2) is 12.1 Å². The summed E-state index contributed by atoms with van der Waals surface area (Å²) in [6, 6.07) is 2.71. The van der Waals surface area contributed by atoms with E-state index in [1.54, 1.807) is 6.92 Å². The van der Waals surface area contributed by atoms with Gasteiger partial charge >= 0.3 is 0 Å². The Hall–Kier alpha value is -1.25. The molecule has 1 nitrogen and oxygen atoms in total. The lowest BCUT2D eigenvalue weighted by atomic mass is 9.82. The van der Waals surface area contributed by atoms with Crippen LogP contribution in [0.5, 0.6) is 0 Å². The second-order valence-electron chi connectivity index (χ2n) is 4.42. The summed E-state index contributed by atoms with van der Waals surface area (Å²) in [6.45, 7) is 1.61. The average Bonchev–Trinajstić information content (AvgIpc) is 2.24. The number of hydrogen-bond donors (Lipinski definition) is 0. The van der Waals surface area contributed by atoms with Gasteiger partial charge in [0.1, 0.15) is 17.4 Å². The number of halogens is 2. The van der Waals surface area contributed by atoms with E-state index < -0.39 is 11.6 Å². The molecule has 1 aromatic carbocycles. The van der Waals surface area contributed by atoms with Gasteiger partial charge in [-0.15, -0.1) is 0 Å². The molecule has 1 saturated carbocycles. The molecule has 0 radical (unpaired) electrons. The molecule has 0 amide bonds. The van der Waals surface area contributed by atoms with Crippen molar-refractivity contribution in [2.75, 3.05) is 0 Å². The van der Waals surface area contributed by atoms with Crippen LogP contribution in [-0.4, -0.2) is 5.78 Å². The summed E-state index contributed by atoms with van der Waals surface area (Å²) in [7, 11) is 0. The van der Waals surface area contributed by atoms with Crippen LogP contribution in [-0.2, 0) is 4.79 Å². The lowest BCUT2D eigenvalue weighted by Gasteiger charge is -2.22. The zero-order chi connectivity index (χ0) is 11.7. The minimum Gasteiger partial charge on any atom is -0.300 e. The fraction of sp³-hybridized carbons (Fsp3) is 0.462. The van der Waals surface area contributed by atoms with Crippen molar-refractivity contribution in [2.24, 2.45) is 0 Å². The molecule has 0 aliphatic heterocycles. The number of aryl methyl sites for hydroxylation is 1. The number of Topliss-reactive ketones (excluding diaryl/α,β-unsaturated/α-hetero) is 1. The Morgan fingerprint density at radius 1 is 1.31 bits per heavy atom. The predicted molar refractivity (Wildman–Crippen MR) is 57.3 cm³/mol. The zero-order valence-corrected chi connectivity index (χ0v) is 9.22. The van der Waals surface area contributed by atoms with E-state index in [-0.39, 0.29) is 23.7 Å². The second kappa shape index (κ2) is 4.32. The van der Waals surface area contributed by atoms with Gasteiger partial charge in [0.25, 0.3) is 0 Å². The first kappa shape index (κ1) is 11.2. The van der Waals surface area contributed by atoms with Crippen molar-refractivity contribution in [3.63, 3.8) is 0 Å². The molecule has 1 fully saturated rings. The Kier molecular flexibility index (Phi) is 3.03. The molecule has 0 spiro atoms. The Morgan fingerprint density at radius 3 is 2.75 bits per heavy atom. The molecule has 0 heterocycles. The number of ketones is 1. The summed E-state index contributed by atoms with van der Waals surface area (Å²) in [5, 5.41) is 0. The molecule has 0 bridgehead atoms. The van der Waals surface area contributed by atoms with Gasteiger partial charge < -0.3 is 0 Å². The Bertz CT molecular complexity index is 426. The maximum atomic E-state index is 13.8. The van der Waals surface area contributed by atoms with Gasteiger partial charge in [0.15, 0.2) is 0 Å². The molecule has 1 aliphatic rings. The Labute approximate surface area is 93.5 Å². The van der Waals surface area contributed by atoms with Gasteiger partial charge in [-0.1, -0.05) is 6.07 Å². The predicted octanol–water partition coefficient (Wildman–Crippen LogP) is 3.50. The minimum absolute atomic E-state index is 0.105. The highest BCUT2D eigenvalue weighted by atomic mass is 19.1. The number of benzene rings is 1. The lowest BCUT2D eigenvalue weighted by Crippen LogP contribution is -2.16. The van der Waals surface area contributed by atoms with Gasteiger partial charge in [-0.2, -0.15) is 0 Å². The molecule has 86 valence electrons. The van der Waals surface area contributed by atoms with Crippen molar-refractivity contribution >= 4 is 5.78 Å². The van der Waals surface area contributed by atoms with E-state index >= 15 is 0 Å². The van der Waals surface area contributed by atoms with Crippen LogP contribution in [0.25, 0.3) is 0 Å². The SMILES string of the molecule is Cc1ccc(F)c(C2CCCC(=O)C2)c1F. The third-order valence-corrected chi connectivity index (χ3v) is 3.21. The summed E-state index contributed by atoms with van der Waals surface area (Å²) in [6.07, 6.45) is 2.25. The number of rotatable bonds is 1. The van der Waals surface area contributed by atoms with Crippen molar-refractivity contribution in [3.8, 4) is 0 Å². The summed E-state index contributed by atoms with van der Waals surface area (Å²) < 4.78 is 27.4. The quantitative estimate of drug-likeness (QED) is 0.713. The molecule has 1 unspecified atom stereocenters. The first-order chi connectivity index (χ1) is 7.59. The van der Waals surface area contributed by atoms with Gasteiger partial charge in [-0.25, -0.2) is 8.78 Å². The highest BCUT2D eigenvalue weighted by Crippen LogP contribution is 2.34. The van der Waals surface area contributed by atoms with Crippen molar-refractivity contribution < 1.29 is 13.6 Å². The first-order valence-electron chi connectivity index (χ1n) is 5.56. The maximum absolute atomic E-state index is 13.8. The van der Waals surface area contributed by atoms with E-state index in [1.807, 2.05) is 0 Å². The highest BCUT2D eigenvalue weighted by molar-refractivity contribution is 5.80. The molecule has 1 aromatic rings. The molecule has 2 rings (SSSR count). The molecular weight excluding hydrogens is 210 g/mol. The van der Waals surface area contributed by atoms with E-state index in [0.717, 1.165) is 6.42 Å². The largest absolute Gasteiger partial charge is 0.300 e. The smallest absolute Gasteiger partial charge is 0.133 e. The minimum atomic E-state index is -0.525. The van der Waals surface area contributed by atoms with Crippen LogP contribution in [0.2, 0.25) is 0 Å². The van der Waals surface area contributed by atoms with Crippen LogP contribution in [0.3, 0.4) is 0 Å². The molecule has 0 aromatic heterocycles. The van der Waals surface area contributed by atoms with Gasteiger partial charge in [0, 0.05) is 18.4 Å². The van der Waals surface area contributed by atoms with Crippen molar-refractivity contribution in [1.29, 1.82) is 0 Å². The fourth-order valence-corrected chi connectivity index (χ4v) is 2.32. The third-order valence-electron chi connectivity index (χ3n) is 3.21. The van der Waals surface area contributed by atoms with Crippen LogP contribution in [0.4, 0.5) is 8.78 Å². The summed E-state index contributed by atoms with van der Waals surface area (Å²) in [5.41, 5.74) is 0.544. The summed E-state index contributed by atoms with van der Waals surface area (Å²) in [4.78, 5) is 11.3. The third kappa shape index (κ3) is 1.99.